The van der Waals surface area contributed by atoms with Crippen molar-refractivity contribution >= 4 is 23.4 Å². The van der Waals surface area contributed by atoms with Crippen LogP contribution in [0.4, 0.5) is 5.69 Å². The van der Waals surface area contributed by atoms with Gasteiger partial charge in [0.25, 0.3) is 11.1 Å². The molecule has 0 bridgehead atoms. The van der Waals surface area contributed by atoms with Crippen LogP contribution in [0.15, 0.2) is 58.2 Å². The fourth-order valence-electron chi connectivity index (χ4n) is 2.50. The van der Waals surface area contributed by atoms with Crippen molar-refractivity contribution in [2.75, 3.05) is 11.1 Å². The first-order valence-corrected chi connectivity index (χ1v) is 10.0. The smallest absolute Gasteiger partial charge is 0.277 e. The fourth-order valence-corrected chi connectivity index (χ4v) is 3.09. The summed E-state index contributed by atoms with van der Waals surface area (Å²) in [4.78, 5) is 12.2. The Hall–Kier alpha value is -2.80. The molecule has 0 radical (unpaired) electrons. The van der Waals surface area contributed by atoms with E-state index >= 15 is 0 Å². The second kappa shape index (κ2) is 9.41. The van der Waals surface area contributed by atoms with E-state index in [2.05, 4.69) is 29.4 Å². The monoisotopic (exact) mass is 397 g/mol. The highest BCUT2D eigenvalue weighted by atomic mass is 32.2. The average Bonchev–Trinajstić information content (AvgIpc) is 3.13. The molecule has 1 heterocycles. The molecule has 146 valence electrons. The zero-order chi connectivity index (χ0) is 19.9. The minimum absolute atomic E-state index is 0.123. The van der Waals surface area contributed by atoms with Crippen LogP contribution in [-0.2, 0) is 11.4 Å². The lowest BCUT2D eigenvalue weighted by Gasteiger charge is -2.09. The predicted molar refractivity (Wildman–Crippen MR) is 110 cm³/mol. The van der Waals surface area contributed by atoms with Gasteiger partial charge in [0.2, 0.25) is 5.91 Å². The third kappa shape index (κ3) is 5.85. The van der Waals surface area contributed by atoms with E-state index in [0.29, 0.717) is 17.0 Å². The third-order valence-corrected chi connectivity index (χ3v) is 4.78. The molecule has 0 aliphatic carbocycles. The van der Waals surface area contributed by atoms with E-state index in [1.54, 1.807) is 0 Å². The Balaban J connectivity index is 1.47. The number of rotatable bonds is 8. The second-order valence-electron chi connectivity index (χ2n) is 6.68. The van der Waals surface area contributed by atoms with Gasteiger partial charge < -0.3 is 14.5 Å². The molecule has 0 aliphatic heterocycles. The van der Waals surface area contributed by atoms with Gasteiger partial charge in [0.05, 0.1) is 5.75 Å². The molecule has 1 amide bonds. The van der Waals surface area contributed by atoms with Gasteiger partial charge in [-0.05, 0) is 48.2 Å². The van der Waals surface area contributed by atoms with Crippen molar-refractivity contribution in [3.05, 3.63) is 65.5 Å². The van der Waals surface area contributed by atoms with Crippen molar-refractivity contribution in [3.63, 3.8) is 0 Å². The normalized spacial score (nSPS) is 10.9. The summed E-state index contributed by atoms with van der Waals surface area (Å²) in [6.07, 6.45) is 0. The van der Waals surface area contributed by atoms with Crippen molar-refractivity contribution in [1.82, 2.24) is 10.2 Å². The first-order chi connectivity index (χ1) is 13.5. The Morgan fingerprint density at radius 1 is 1.18 bits per heavy atom. The number of anilines is 1. The highest BCUT2D eigenvalue weighted by Crippen LogP contribution is 2.21. The number of benzene rings is 2. The molecule has 3 aromatic rings. The van der Waals surface area contributed by atoms with Crippen molar-refractivity contribution in [1.29, 1.82) is 0 Å². The minimum atomic E-state index is -0.123. The van der Waals surface area contributed by atoms with Crippen LogP contribution in [0.2, 0.25) is 0 Å². The van der Waals surface area contributed by atoms with Crippen LogP contribution >= 0.6 is 11.8 Å². The largest absolute Gasteiger partial charge is 0.484 e. The SMILES string of the molecule is Cc1cccc(OCc2nnc(SCC(=O)Nc3cccc(C(C)C)c3)o2)c1. The van der Waals surface area contributed by atoms with Crippen LogP contribution in [0.25, 0.3) is 0 Å². The van der Waals surface area contributed by atoms with Crippen molar-refractivity contribution in [2.24, 2.45) is 0 Å². The summed E-state index contributed by atoms with van der Waals surface area (Å²) in [5.41, 5.74) is 3.08. The number of nitrogens with one attached hydrogen (secondary N) is 1. The van der Waals surface area contributed by atoms with Gasteiger partial charge >= 0.3 is 0 Å². The van der Waals surface area contributed by atoms with Gasteiger partial charge in [-0.15, -0.1) is 10.2 Å². The summed E-state index contributed by atoms with van der Waals surface area (Å²) in [5, 5.41) is 11.1. The number of hydrogen-bond donors (Lipinski definition) is 1. The molecule has 0 fully saturated rings. The van der Waals surface area contributed by atoms with E-state index in [1.165, 1.54) is 17.3 Å². The molecule has 1 aromatic heterocycles. The van der Waals surface area contributed by atoms with E-state index in [4.69, 9.17) is 9.15 Å². The van der Waals surface area contributed by atoms with Crippen molar-refractivity contribution < 1.29 is 13.9 Å². The Kier molecular flexibility index (Phi) is 6.71. The number of carbonyl (C=O) groups excluding carboxylic acids is 1. The molecule has 6 nitrogen and oxygen atoms in total. The lowest BCUT2D eigenvalue weighted by molar-refractivity contribution is -0.113. The van der Waals surface area contributed by atoms with Gasteiger partial charge in [0.1, 0.15) is 5.75 Å². The standard InChI is InChI=1S/C21H23N3O3S/c1-14(2)16-7-5-8-17(11-16)22-19(25)13-28-21-24-23-20(27-21)12-26-18-9-4-6-15(3)10-18/h4-11,14H,12-13H2,1-3H3,(H,22,25). The fraction of sp³-hybridized carbons (Fsp3) is 0.286. The maximum absolute atomic E-state index is 12.2. The van der Waals surface area contributed by atoms with Gasteiger partial charge in [0, 0.05) is 5.69 Å². The Morgan fingerprint density at radius 2 is 2.00 bits per heavy atom. The summed E-state index contributed by atoms with van der Waals surface area (Å²) in [6, 6.07) is 15.6. The topological polar surface area (TPSA) is 77.2 Å². The Bertz CT molecular complexity index is 940. The number of hydrogen-bond acceptors (Lipinski definition) is 6. The van der Waals surface area contributed by atoms with Gasteiger partial charge in [-0.2, -0.15) is 0 Å². The van der Waals surface area contributed by atoms with Crippen LogP contribution in [0.5, 0.6) is 5.75 Å². The summed E-state index contributed by atoms with van der Waals surface area (Å²) in [5.74, 6) is 1.59. The van der Waals surface area contributed by atoms with Crippen molar-refractivity contribution in [3.8, 4) is 5.75 Å². The highest BCUT2D eigenvalue weighted by Gasteiger charge is 2.11. The molecule has 0 unspecified atom stereocenters. The number of nitrogens with zero attached hydrogens (tertiary/aromatic N) is 2. The van der Waals surface area contributed by atoms with Gasteiger partial charge in [-0.3, -0.25) is 4.79 Å². The number of ether oxygens (including phenoxy) is 1. The summed E-state index contributed by atoms with van der Waals surface area (Å²) in [6.45, 7) is 6.42. The van der Waals surface area contributed by atoms with Crippen molar-refractivity contribution in [2.45, 2.75) is 38.5 Å². The van der Waals surface area contributed by atoms with Gasteiger partial charge in [-0.1, -0.05) is 49.9 Å². The first-order valence-electron chi connectivity index (χ1n) is 9.04. The zero-order valence-electron chi connectivity index (χ0n) is 16.1. The lowest BCUT2D eigenvalue weighted by Crippen LogP contribution is -2.14. The minimum Gasteiger partial charge on any atom is -0.484 e. The molecule has 28 heavy (non-hydrogen) atoms. The summed E-state index contributed by atoms with van der Waals surface area (Å²) < 4.78 is 11.2. The molecule has 0 aliphatic rings. The predicted octanol–water partition coefficient (Wildman–Crippen LogP) is 4.81. The van der Waals surface area contributed by atoms with Crippen LogP contribution < -0.4 is 10.1 Å². The van der Waals surface area contributed by atoms with Crippen LogP contribution in [0.3, 0.4) is 0 Å². The number of aryl methyl sites for hydroxylation is 1. The molecule has 0 atom stereocenters. The molecule has 0 spiro atoms. The average molecular weight is 398 g/mol. The number of aromatic nitrogens is 2. The zero-order valence-corrected chi connectivity index (χ0v) is 17.0. The highest BCUT2D eigenvalue weighted by molar-refractivity contribution is 7.99. The Morgan fingerprint density at radius 3 is 2.79 bits per heavy atom. The summed E-state index contributed by atoms with van der Waals surface area (Å²) >= 11 is 1.20. The maximum atomic E-state index is 12.2. The Labute approximate surface area is 168 Å². The molecular formula is C21H23N3O3S. The van der Waals surface area contributed by atoms with Crippen LogP contribution in [0, 0.1) is 6.92 Å². The lowest BCUT2D eigenvalue weighted by atomic mass is 10.0. The number of amides is 1. The third-order valence-electron chi connectivity index (χ3n) is 3.96. The van der Waals surface area contributed by atoms with E-state index in [9.17, 15) is 4.79 Å². The van der Waals surface area contributed by atoms with E-state index < -0.39 is 0 Å². The number of carbonyl (C=O) groups is 1. The van der Waals surface area contributed by atoms with E-state index in [-0.39, 0.29) is 18.3 Å². The maximum Gasteiger partial charge on any atom is 0.277 e. The molecular weight excluding hydrogens is 374 g/mol. The number of thioether (sulfide) groups is 1. The van der Waals surface area contributed by atoms with E-state index in [0.717, 1.165) is 17.0 Å². The van der Waals surface area contributed by atoms with Crippen LogP contribution in [0.1, 0.15) is 36.8 Å². The molecule has 0 saturated heterocycles. The quantitative estimate of drug-likeness (QED) is 0.550. The molecule has 2 aromatic carbocycles. The van der Waals surface area contributed by atoms with E-state index in [1.807, 2.05) is 55.5 Å². The molecule has 1 N–H and O–H groups in total. The van der Waals surface area contributed by atoms with Gasteiger partial charge in [-0.25, -0.2) is 0 Å². The molecule has 3 rings (SSSR count). The summed E-state index contributed by atoms with van der Waals surface area (Å²) in [7, 11) is 0. The molecule has 7 heteroatoms. The second-order valence-corrected chi connectivity index (χ2v) is 7.61. The first kappa shape index (κ1) is 19.9. The van der Waals surface area contributed by atoms with Gasteiger partial charge in [0.15, 0.2) is 6.61 Å². The molecule has 0 saturated carbocycles. The van der Waals surface area contributed by atoms with Crippen LogP contribution in [-0.4, -0.2) is 21.9 Å².